The zero-order valence-electron chi connectivity index (χ0n) is 13.9. The quantitative estimate of drug-likeness (QED) is 0.417. The van der Waals surface area contributed by atoms with Gasteiger partial charge >= 0.3 is 0 Å². The summed E-state index contributed by atoms with van der Waals surface area (Å²) in [5.41, 5.74) is 5.89. The van der Waals surface area contributed by atoms with E-state index in [0.29, 0.717) is 0 Å². The van der Waals surface area contributed by atoms with Crippen molar-refractivity contribution < 1.29 is 0 Å². The number of hydrogen-bond donors (Lipinski definition) is 0. The molecule has 124 valence electrons. The average molecular weight is 365 g/mol. The minimum Gasteiger partial charge on any atom is -0.0843 e. The Labute approximate surface area is 159 Å². The molecule has 0 radical (unpaired) electrons. The molecule has 3 rings (SSSR count). The fourth-order valence-electron chi connectivity index (χ4n) is 2.52. The lowest BCUT2D eigenvalue weighted by Crippen LogP contribution is -1.82. The van der Waals surface area contributed by atoms with E-state index >= 15 is 0 Å². The van der Waals surface area contributed by atoms with Gasteiger partial charge in [0.1, 0.15) is 0 Å². The van der Waals surface area contributed by atoms with E-state index in [1.54, 1.807) is 0 Å². The van der Waals surface area contributed by atoms with Crippen LogP contribution in [0.5, 0.6) is 0 Å². The minimum absolute atomic E-state index is 0.754. The highest BCUT2D eigenvalue weighted by Crippen LogP contribution is 2.18. The Morgan fingerprint density at radius 3 is 1.52 bits per heavy atom. The molecule has 0 spiro atoms. The van der Waals surface area contributed by atoms with Crippen molar-refractivity contribution in [1.82, 2.24) is 0 Å². The molecule has 0 amide bonds. The molecule has 0 N–H and O–H groups in total. The summed E-state index contributed by atoms with van der Waals surface area (Å²) in [7, 11) is 0. The molecule has 25 heavy (non-hydrogen) atoms. The molecule has 0 aromatic heterocycles. The van der Waals surface area contributed by atoms with Gasteiger partial charge in [0.15, 0.2) is 0 Å². The van der Waals surface area contributed by atoms with Crippen LogP contribution in [-0.4, -0.2) is 0 Å². The van der Waals surface area contributed by atoms with E-state index in [0.717, 1.165) is 21.2 Å². The van der Waals surface area contributed by atoms with Gasteiger partial charge < -0.3 is 0 Å². The number of aryl methyl sites for hydroxylation is 1. The lowest BCUT2D eigenvalue weighted by Gasteiger charge is -2.03. The number of benzene rings is 3. The molecule has 3 aromatic carbocycles. The Morgan fingerprint density at radius 2 is 1.00 bits per heavy atom. The van der Waals surface area contributed by atoms with Crippen molar-refractivity contribution in [2.24, 2.45) is 0 Å². The molecule has 0 saturated heterocycles. The van der Waals surface area contributed by atoms with Crippen LogP contribution >= 0.6 is 23.2 Å². The van der Waals surface area contributed by atoms with E-state index in [2.05, 4.69) is 49.4 Å². The zero-order chi connectivity index (χ0) is 17.6. The first-order valence-corrected chi connectivity index (χ1v) is 8.84. The van der Waals surface area contributed by atoms with E-state index < -0.39 is 0 Å². The fraction of sp³-hybridized carbons (Fsp3) is 0.0435. The van der Waals surface area contributed by atoms with Crippen LogP contribution in [0.1, 0.15) is 27.8 Å². The van der Waals surface area contributed by atoms with Crippen molar-refractivity contribution >= 4 is 47.5 Å². The lowest BCUT2D eigenvalue weighted by molar-refractivity contribution is 1.43. The summed E-state index contributed by atoms with van der Waals surface area (Å²) in [5, 5.41) is 1.51. The van der Waals surface area contributed by atoms with Crippen LogP contribution in [-0.2, 0) is 0 Å². The largest absolute Gasteiger partial charge is 0.0843 e. The number of rotatable bonds is 4. The molecule has 0 bridgehead atoms. The highest BCUT2D eigenvalue weighted by molar-refractivity contribution is 6.30. The summed E-state index contributed by atoms with van der Waals surface area (Å²) in [6.07, 6.45) is 8.43. The first-order chi connectivity index (χ1) is 12.1. The first-order valence-electron chi connectivity index (χ1n) is 8.08. The molecule has 3 aromatic rings. The Bertz CT molecular complexity index is 902. The van der Waals surface area contributed by atoms with Gasteiger partial charge in [-0.05, 0) is 59.0 Å². The van der Waals surface area contributed by atoms with Crippen LogP contribution in [0.4, 0.5) is 0 Å². The third kappa shape index (κ3) is 5.09. The summed E-state index contributed by atoms with van der Waals surface area (Å²) in [5.74, 6) is 0. The molecule has 0 unspecified atom stereocenters. The van der Waals surface area contributed by atoms with Crippen LogP contribution in [0, 0.1) is 6.92 Å². The van der Waals surface area contributed by atoms with Crippen LogP contribution < -0.4 is 0 Å². The van der Waals surface area contributed by atoms with Gasteiger partial charge in [-0.1, -0.05) is 90.0 Å². The van der Waals surface area contributed by atoms with Crippen LogP contribution in [0.2, 0.25) is 10.0 Å². The van der Waals surface area contributed by atoms with E-state index in [9.17, 15) is 0 Å². The van der Waals surface area contributed by atoms with Crippen LogP contribution in [0.3, 0.4) is 0 Å². The van der Waals surface area contributed by atoms with Crippen molar-refractivity contribution in [3.63, 3.8) is 0 Å². The van der Waals surface area contributed by atoms with Gasteiger partial charge in [0, 0.05) is 10.0 Å². The van der Waals surface area contributed by atoms with Crippen molar-refractivity contribution in [2.75, 3.05) is 0 Å². The third-order valence-electron chi connectivity index (χ3n) is 3.96. The Hall–Kier alpha value is -2.28. The molecule has 0 atom stereocenters. The number of halogens is 2. The highest BCUT2D eigenvalue weighted by Gasteiger charge is 1.96. The molecule has 0 aliphatic heterocycles. The van der Waals surface area contributed by atoms with Gasteiger partial charge in [0.05, 0.1) is 0 Å². The maximum Gasteiger partial charge on any atom is 0.0406 e. The molecular weight excluding hydrogens is 347 g/mol. The van der Waals surface area contributed by atoms with Crippen LogP contribution in [0.25, 0.3) is 24.3 Å². The van der Waals surface area contributed by atoms with E-state index in [-0.39, 0.29) is 0 Å². The van der Waals surface area contributed by atoms with Crippen molar-refractivity contribution in [1.29, 1.82) is 0 Å². The molecule has 0 fully saturated rings. The molecule has 0 aliphatic rings. The molecule has 0 heterocycles. The fourth-order valence-corrected chi connectivity index (χ4v) is 2.77. The normalized spacial score (nSPS) is 11.5. The van der Waals surface area contributed by atoms with Gasteiger partial charge in [-0.15, -0.1) is 0 Å². The van der Waals surface area contributed by atoms with Crippen LogP contribution in [0.15, 0.2) is 66.7 Å². The summed E-state index contributed by atoms with van der Waals surface area (Å²) in [4.78, 5) is 0. The SMILES string of the molecule is Cc1cc(C=Cc2ccc(Cl)cc2)ccc1C=Cc1ccc(Cl)cc1. The van der Waals surface area contributed by atoms with Crippen molar-refractivity contribution in [3.8, 4) is 0 Å². The predicted molar refractivity (Wildman–Crippen MR) is 112 cm³/mol. The van der Waals surface area contributed by atoms with E-state index in [1.165, 1.54) is 16.7 Å². The highest BCUT2D eigenvalue weighted by atomic mass is 35.5. The molecule has 0 aliphatic carbocycles. The second-order valence-corrected chi connectivity index (χ2v) is 6.76. The standard InChI is InChI=1S/C23H18Cl2/c1-17-16-20(3-2-18-6-12-22(24)13-7-18)5-11-21(17)10-4-19-8-14-23(25)15-9-19/h2-16H,1H3. The topological polar surface area (TPSA) is 0 Å². The van der Waals surface area contributed by atoms with Crippen molar-refractivity contribution in [3.05, 3.63) is 105 Å². The Morgan fingerprint density at radius 1 is 0.560 bits per heavy atom. The second kappa shape index (κ2) is 8.20. The molecular formula is C23H18Cl2. The molecule has 0 nitrogen and oxygen atoms in total. The molecule has 2 heteroatoms. The number of hydrogen-bond acceptors (Lipinski definition) is 0. The lowest BCUT2D eigenvalue weighted by atomic mass is 10.0. The smallest absolute Gasteiger partial charge is 0.0406 e. The van der Waals surface area contributed by atoms with E-state index in [1.807, 2.05) is 48.5 Å². The van der Waals surface area contributed by atoms with Gasteiger partial charge in [-0.3, -0.25) is 0 Å². The maximum absolute atomic E-state index is 5.92. The average Bonchev–Trinajstić information content (AvgIpc) is 2.62. The monoisotopic (exact) mass is 364 g/mol. The van der Waals surface area contributed by atoms with Gasteiger partial charge in [-0.25, -0.2) is 0 Å². The molecule has 0 saturated carbocycles. The summed E-state index contributed by atoms with van der Waals surface area (Å²) >= 11 is 11.8. The Balaban J connectivity index is 1.74. The predicted octanol–water partition coefficient (Wildman–Crippen LogP) is 7.64. The summed E-state index contributed by atoms with van der Waals surface area (Å²) in [6, 6.07) is 22.1. The van der Waals surface area contributed by atoms with E-state index in [4.69, 9.17) is 23.2 Å². The Kier molecular flexibility index (Phi) is 5.75. The minimum atomic E-state index is 0.754. The first kappa shape index (κ1) is 17.5. The summed E-state index contributed by atoms with van der Waals surface area (Å²) < 4.78 is 0. The maximum atomic E-state index is 5.92. The zero-order valence-corrected chi connectivity index (χ0v) is 15.4. The summed E-state index contributed by atoms with van der Waals surface area (Å²) in [6.45, 7) is 2.13. The van der Waals surface area contributed by atoms with Gasteiger partial charge in [0.25, 0.3) is 0 Å². The van der Waals surface area contributed by atoms with Gasteiger partial charge in [-0.2, -0.15) is 0 Å². The third-order valence-corrected chi connectivity index (χ3v) is 4.46. The van der Waals surface area contributed by atoms with Crippen molar-refractivity contribution in [2.45, 2.75) is 6.92 Å². The van der Waals surface area contributed by atoms with Gasteiger partial charge in [0.2, 0.25) is 0 Å². The second-order valence-electron chi connectivity index (χ2n) is 5.89.